The summed E-state index contributed by atoms with van der Waals surface area (Å²) in [5, 5.41) is 0.785. The molecule has 1 aliphatic rings. The zero-order chi connectivity index (χ0) is 24.6. The topological polar surface area (TPSA) is 34.9 Å². The van der Waals surface area contributed by atoms with E-state index in [0.717, 1.165) is 46.1 Å². The second-order valence-electron chi connectivity index (χ2n) is 9.96. The number of hydrogen-bond acceptors (Lipinski definition) is 3. The number of fused-ring (bicyclic) bond motifs is 3. The van der Waals surface area contributed by atoms with Crippen LogP contribution in [0, 0.1) is 13.8 Å². The van der Waals surface area contributed by atoms with E-state index in [9.17, 15) is 4.79 Å². The number of aryl methyl sites for hydroxylation is 2. The highest BCUT2D eigenvalue weighted by molar-refractivity contribution is 7.98. The van der Waals surface area contributed by atoms with E-state index in [1.165, 1.54) is 22.3 Å². The van der Waals surface area contributed by atoms with Crippen molar-refractivity contribution >= 4 is 11.8 Å². The lowest BCUT2D eigenvalue weighted by Gasteiger charge is -2.36. The van der Waals surface area contributed by atoms with Crippen molar-refractivity contribution in [3.05, 3.63) is 117 Å². The molecule has 178 valence electrons. The monoisotopic (exact) mass is 480 g/mol. The first-order chi connectivity index (χ1) is 16.9. The molecule has 1 atom stereocenters. The largest absolute Gasteiger partial charge is 0.283 e. The number of rotatable bonds is 6. The zero-order valence-electron chi connectivity index (χ0n) is 21.0. The van der Waals surface area contributed by atoms with Gasteiger partial charge in [0.2, 0.25) is 0 Å². The van der Waals surface area contributed by atoms with E-state index in [-0.39, 0.29) is 11.0 Å². The van der Waals surface area contributed by atoms with E-state index in [0.29, 0.717) is 6.54 Å². The quantitative estimate of drug-likeness (QED) is 0.218. The molecule has 3 aromatic carbocycles. The first-order valence-corrected chi connectivity index (χ1v) is 13.3. The zero-order valence-corrected chi connectivity index (χ0v) is 21.8. The fourth-order valence-electron chi connectivity index (χ4n) is 5.16. The summed E-state index contributed by atoms with van der Waals surface area (Å²) in [5.74, 6) is 0.777. The number of hydrogen-bond donors (Lipinski definition) is 0. The molecule has 0 bridgehead atoms. The Morgan fingerprint density at radius 2 is 1.74 bits per heavy atom. The van der Waals surface area contributed by atoms with Crippen LogP contribution in [-0.2, 0) is 24.1 Å². The molecule has 0 aliphatic heterocycles. The van der Waals surface area contributed by atoms with Gasteiger partial charge in [-0.05, 0) is 48.9 Å². The van der Waals surface area contributed by atoms with E-state index >= 15 is 0 Å². The molecule has 4 aromatic rings. The van der Waals surface area contributed by atoms with Gasteiger partial charge in [-0.2, -0.15) is 0 Å². The van der Waals surface area contributed by atoms with Gasteiger partial charge in [0.25, 0.3) is 5.56 Å². The Kier molecular flexibility index (Phi) is 6.41. The van der Waals surface area contributed by atoms with Crippen LogP contribution in [0.4, 0.5) is 0 Å². The van der Waals surface area contributed by atoms with Gasteiger partial charge in [-0.15, -0.1) is 0 Å². The average Bonchev–Trinajstić information content (AvgIpc) is 2.86. The van der Waals surface area contributed by atoms with Crippen molar-refractivity contribution < 1.29 is 0 Å². The molecule has 5 rings (SSSR count). The molecule has 1 heterocycles. The molecule has 0 unspecified atom stereocenters. The summed E-state index contributed by atoms with van der Waals surface area (Å²) >= 11 is 1.66. The summed E-state index contributed by atoms with van der Waals surface area (Å²) in [6.45, 7) is 9.20. The van der Waals surface area contributed by atoms with Crippen molar-refractivity contribution in [1.82, 2.24) is 9.55 Å². The molecule has 0 spiro atoms. The van der Waals surface area contributed by atoms with Crippen molar-refractivity contribution in [2.24, 2.45) is 0 Å². The van der Waals surface area contributed by atoms with Crippen LogP contribution in [0.3, 0.4) is 0 Å². The Morgan fingerprint density at radius 1 is 1.00 bits per heavy atom. The molecule has 0 saturated heterocycles. The van der Waals surface area contributed by atoms with E-state index in [4.69, 9.17) is 4.98 Å². The van der Waals surface area contributed by atoms with Gasteiger partial charge in [0.1, 0.15) is 0 Å². The first kappa shape index (κ1) is 23.6. The number of aromatic nitrogens is 2. The van der Waals surface area contributed by atoms with Crippen LogP contribution in [-0.4, -0.2) is 9.55 Å². The van der Waals surface area contributed by atoms with E-state index in [2.05, 4.69) is 82.3 Å². The van der Waals surface area contributed by atoms with E-state index < -0.39 is 0 Å². The highest BCUT2D eigenvalue weighted by Gasteiger charge is 2.38. The summed E-state index contributed by atoms with van der Waals surface area (Å²) in [5.41, 5.74) is 8.91. The highest BCUT2D eigenvalue weighted by atomic mass is 32.2. The molecule has 0 saturated carbocycles. The highest BCUT2D eigenvalue weighted by Crippen LogP contribution is 2.43. The minimum absolute atomic E-state index is 0.0980. The molecule has 0 amide bonds. The first-order valence-electron chi connectivity index (χ1n) is 12.4. The lowest BCUT2D eigenvalue weighted by molar-refractivity contribution is 0.430. The van der Waals surface area contributed by atoms with Gasteiger partial charge in [0.15, 0.2) is 5.16 Å². The minimum atomic E-state index is -0.233. The second kappa shape index (κ2) is 9.50. The van der Waals surface area contributed by atoms with Crippen molar-refractivity contribution in [2.45, 2.75) is 63.4 Å². The third-order valence-corrected chi connectivity index (χ3v) is 8.43. The van der Waals surface area contributed by atoms with Gasteiger partial charge < -0.3 is 0 Å². The molecular formula is C31H32N2OS. The van der Waals surface area contributed by atoms with Crippen LogP contribution in [0.1, 0.15) is 53.6 Å². The van der Waals surface area contributed by atoms with Crippen LogP contribution in [0.5, 0.6) is 0 Å². The van der Waals surface area contributed by atoms with Crippen LogP contribution < -0.4 is 5.56 Å². The summed E-state index contributed by atoms with van der Waals surface area (Å²) in [7, 11) is 0. The average molecular weight is 481 g/mol. The summed E-state index contributed by atoms with van der Waals surface area (Å²) in [6.07, 6.45) is 1.76. The Balaban J connectivity index is 1.67. The van der Waals surface area contributed by atoms with Gasteiger partial charge in [-0.25, -0.2) is 4.98 Å². The number of nitrogens with zero attached hydrogens (tertiary/aromatic N) is 2. The normalized spacial score (nSPS) is 16.6. The molecular weight excluding hydrogens is 448 g/mol. The smallest absolute Gasteiger partial charge is 0.258 e. The van der Waals surface area contributed by atoms with Crippen LogP contribution in [0.15, 0.2) is 82.7 Å². The number of thioether (sulfide) groups is 1. The standard InChI is InChI=1S/C31H32N2OS/c1-5-31(4)18-24-13-9-10-14-26(24)28-27(31)29(34)33(19-23-11-7-6-8-12-23)30(32-28)35-20-25-16-15-21(2)17-22(25)3/h6-17H,5,18-20H2,1-4H3/t31-/m0/s1. The Morgan fingerprint density at radius 3 is 2.49 bits per heavy atom. The third kappa shape index (κ3) is 4.48. The molecule has 35 heavy (non-hydrogen) atoms. The van der Waals surface area contributed by atoms with Crippen molar-refractivity contribution in [3.63, 3.8) is 0 Å². The van der Waals surface area contributed by atoms with Crippen molar-refractivity contribution in [2.75, 3.05) is 0 Å². The van der Waals surface area contributed by atoms with Crippen LogP contribution in [0.25, 0.3) is 11.3 Å². The van der Waals surface area contributed by atoms with Gasteiger partial charge in [0.05, 0.1) is 17.8 Å². The fraction of sp³-hybridized carbons (Fsp3) is 0.290. The van der Waals surface area contributed by atoms with Gasteiger partial charge >= 0.3 is 0 Å². The third-order valence-electron chi connectivity index (χ3n) is 7.41. The van der Waals surface area contributed by atoms with Crippen molar-refractivity contribution in [3.8, 4) is 11.3 Å². The molecule has 1 aromatic heterocycles. The van der Waals surface area contributed by atoms with Crippen LogP contribution >= 0.6 is 11.8 Å². The Labute approximate surface area is 212 Å². The second-order valence-corrected chi connectivity index (χ2v) is 10.9. The van der Waals surface area contributed by atoms with Crippen molar-refractivity contribution in [1.29, 1.82) is 0 Å². The summed E-state index contributed by atoms with van der Waals surface area (Å²) in [4.78, 5) is 19.5. The van der Waals surface area contributed by atoms with Gasteiger partial charge in [-0.1, -0.05) is 104 Å². The molecule has 0 fully saturated rings. The predicted octanol–water partition coefficient (Wildman–Crippen LogP) is 7.09. The Hall–Kier alpha value is -3.11. The molecule has 4 heteroatoms. The SMILES string of the molecule is CC[C@@]1(C)Cc2ccccc2-c2nc(SCc3ccc(C)cc3C)n(Cc3ccccc3)c(=O)c21. The summed E-state index contributed by atoms with van der Waals surface area (Å²) < 4.78 is 1.91. The maximum absolute atomic E-state index is 14.3. The fourth-order valence-corrected chi connectivity index (χ4v) is 6.22. The molecule has 1 aliphatic carbocycles. The minimum Gasteiger partial charge on any atom is -0.283 e. The maximum Gasteiger partial charge on any atom is 0.258 e. The lowest BCUT2D eigenvalue weighted by Crippen LogP contribution is -2.40. The predicted molar refractivity (Wildman–Crippen MR) is 146 cm³/mol. The maximum atomic E-state index is 14.3. The molecule has 0 N–H and O–H groups in total. The molecule has 3 nitrogen and oxygen atoms in total. The van der Waals surface area contributed by atoms with E-state index in [1.807, 2.05) is 22.8 Å². The summed E-state index contributed by atoms with van der Waals surface area (Å²) in [6, 6.07) is 25.3. The van der Waals surface area contributed by atoms with E-state index in [1.54, 1.807) is 11.8 Å². The van der Waals surface area contributed by atoms with Crippen LogP contribution in [0.2, 0.25) is 0 Å². The lowest BCUT2D eigenvalue weighted by atomic mass is 9.69. The van der Waals surface area contributed by atoms with Gasteiger partial charge in [-0.3, -0.25) is 9.36 Å². The Bertz CT molecular complexity index is 1440. The molecule has 0 radical (unpaired) electrons. The van der Waals surface area contributed by atoms with Gasteiger partial charge in [0, 0.05) is 16.7 Å². The number of benzene rings is 3.